The zero-order valence-corrected chi connectivity index (χ0v) is 11.7. The SMILES string of the molecule is COCCNCc1cn(Cc2cccc([N+](=O)[O-])c2)nn1. The van der Waals surface area contributed by atoms with Gasteiger partial charge in [-0.2, -0.15) is 0 Å². The minimum atomic E-state index is -0.407. The lowest BCUT2D eigenvalue weighted by molar-refractivity contribution is -0.384. The van der Waals surface area contributed by atoms with Crippen molar-refractivity contribution in [3.8, 4) is 0 Å². The molecule has 8 heteroatoms. The fourth-order valence-corrected chi connectivity index (χ4v) is 1.84. The highest BCUT2D eigenvalue weighted by Crippen LogP contribution is 2.13. The molecule has 0 unspecified atom stereocenters. The summed E-state index contributed by atoms with van der Waals surface area (Å²) in [6, 6.07) is 6.50. The van der Waals surface area contributed by atoms with Gasteiger partial charge in [0.15, 0.2) is 0 Å². The van der Waals surface area contributed by atoms with Gasteiger partial charge in [-0.15, -0.1) is 5.10 Å². The number of rotatable bonds is 8. The Bertz CT molecular complexity index is 599. The van der Waals surface area contributed by atoms with Crippen LogP contribution >= 0.6 is 0 Å². The summed E-state index contributed by atoms with van der Waals surface area (Å²) in [6.45, 7) is 2.45. The summed E-state index contributed by atoms with van der Waals surface area (Å²) in [4.78, 5) is 10.3. The number of methoxy groups -OCH3 is 1. The fraction of sp³-hybridized carbons (Fsp3) is 0.385. The lowest BCUT2D eigenvalue weighted by Crippen LogP contribution is -2.18. The number of hydrogen-bond donors (Lipinski definition) is 1. The highest BCUT2D eigenvalue weighted by atomic mass is 16.6. The summed E-state index contributed by atoms with van der Waals surface area (Å²) in [5.74, 6) is 0. The van der Waals surface area contributed by atoms with Crippen molar-refractivity contribution >= 4 is 5.69 Å². The lowest BCUT2D eigenvalue weighted by atomic mass is 10.2. The predicted molar refractivity (Wildman–Crippen MR) is 75.8 cm³/mol. The molecule has 0 spiro atoms. The van der Waals surface area contributed by atoms with Gasteiger partial charge >= 0.3 is 0 Å². The van der Waals surface area contributed by atoms with Gasteiger partial charge in [0.25, 0.3) is 5.69 Å². The molecule has 8 nitrogen and oxygen atoms in total. The van der Waals surface area contributed by atoms with Gasteiger partial charge in [0.2, 0.25) is 0 Å². The maximum atomic E-state index is 10.7. The second kappa shape index (κ2) is 7.46. The van der Waals surface area contributed by atoms with Crippen LogP contribution in [0, 0.1) is 10.1 Å². The van der Waals surface area contributed by atoms with E-state index in [0.29, 0.717) is 19.7 Å². The molecule has 0 fully saturated rings. The average molecular weight is 291 g/mol. The molecule has 1 N–H and O–H groups in total. The van der Waals surface area contributed by atoms with Crippen molar-refractivity contribution < 1.29 is 9.66 Å². The second-order valence-electron chi connectivity index (χ2n) is 4.50. The van der Waals surface area contributed by atoms with E-state index in [9.17, 15) is 10.1 Å². The summed E-state index contributed by atoms with van der Waals surface area (Å²) < 4.78 is 6.59. The Hall–Kier alpha value is -2.32. The molecular formula is C13H17N5O3. The van der Waals surface area contributed by atoms with Crippen LogP contribution < -0.4 is 5.32 Å². The third-order valence-electron chi connectivity index (χ3n) is 2.84. The maximum Gasteiger partial charge on any atom is 0.269 e. The third kappa shape index (κ3) is 4.62. The smallest absolute Gasteiger partial charge is 0.269 e. The second-order valence-corrected chi connectivity index (χ2v) is 4.50. The fourth-order valence-electron chi connectivity index (χ4n) is 1.84. The van der Waals surface area contributed by atoms with Crippen molar-refractivity contribution in [3.63, 3.8) is 0 Å². The van der Waals surface area contributed by atoms with Gasteiger partial charge in [-0.25, -0.2) is 4.68 Å². The molecule has 0 saturated heterocycles. The molecule has 2 aromatic rings. The molecule has 0 bridgehead atoms. The summed E-state index contributed by atoms with van der Waals surface area (Å²) in [7, 11) is 1.65. The van der Waals surface area contributed by atoms with E-state index in [1.807, 2.05) is 12.3 Å². The molecule has 112 valence electrons. The monoisotopic (exact) mass is 291 g/mol. The number of nitrogens with zero attached hydrogens (tertiary/aromatic N) is 4. The number of benzene rings is 1. The summed E-state index contributed by atoms with van der Waals surface area (Å²) in [5.41, 5.74) is 1.71. The van der Waals surface area contributed by atoms with Crippen molar-refractivity contribution in [3.05, 3.63) is 51.8 Å². The Morgan fingerprint density at radius 3 is 3.10 bits per heavy atom. The Labute approximate surface area is 121 Å². The molecular weight excluding hydrogens is 274 g/mol. The highest BCUT2D eigenvalue weighted by molar-refractivity contribution is 5.34. The van der Waals surface area contributed by atoms with Crippen LogP contribution in [0.15, 0.2) is 30.5 Å². The van der Waals surface area contributed by atoms with Crippen LogP contribution in [0.25, 0.3) is 0 Å². The number of nitro groups is 1. The summed E-state index contributed by atoms with van der Waals surface area (Å²) in [6.07, 6.45) is 1.82. The van der Waals surface area contributed by atoms with Gasteiger partial charge in [0.1, 0.15) is 0 Å². The van der Waals surface area contributed by atoms with Gasteiger partial charge in [-0.3, -0.25) is 10.1 Å². The standard InChI is InChI=1S/C13H17N5O3/c1-21-6-5-14-8-12-10-17(16-15-12)9-11-3-2-4-13(7-11)18(19)20/h2-4,7,10,14H,5-6,8-9H2,1H3. The van der Waals surface area contributed by atoms with Gasteiger partial charge in [-0.1, -0.05) is 17.3 Å². The molecule has 0 amide bonds. The minimum Gasteiger partial charge on any atom is -0.383 e. The molecule has 1 heterocycles. The normalized spacial score (nSPS) is 10.7. The van der Waals surface area contributed by atoms with Crippen LogP contribution in [0.2, 0.25) is 0 Å². The van der Waals surface area contributed by atoms with Gasteiger partial charge in [0.05, 0.1) is 30.0 Å². The van der Waals surface area contributed by atoms with E-state index in [2.05, 4.69) is 15.6 Å². The molecule has 0 saturated carbocycles. The Morgan fingerprint density at radius 2 is 2.33 bits per heavy atom. The Balaban J connectivity index is 1.93. The first-order chi connectivity index (χ1) is 10.2. The Morgan fingerprint density at radius 1 is 1.48 bits per heavy atom. The first-order valence-electron chi connectivity index (χ1n) is 6.51. The van der Waals surface area contributed by atoms with Crippen LogP contribution in [-0.2, 0) is 17.8 Å². The first kappa shape index (κ1) is 15.1. The number of hydrogen-bond acceptors (Lipinski definition) is 6. The van der Waals surface area contributed by atoms with Crippen molar-refractivity contribution in [2.75, 3.05) is 20.3 Å². The molecule has 0 atom stereocenters. The van der Waals surface area contributed by atoms with E-state index in [0.717, 1.165) is 17.8 Å². The number of nitrogens with one attached hydrogen (secondary N) is 1. The van der Waals surface area contributed by atoms with Crippen molar-refractivity contribution in [2.45, 2.75) is 13.1 Å². The van der Waals surface area contributed by atoms with E-state index < -0.39 is 4.92 Å². The molecule has 0 radical (unpaired) electrons. The topological polar surface area (TPSA) is 95.1 Å². The molecule has 0 aliphatic rings. The van der Waals surface area contributed by atoms with Gasteiger partial charge in [-0.05, 0) is 5.56 Å². The highest BCUT2D eigenvalue weighted by Gasteiger charge is 2.07. The maximum absolute atomic E-state index is 10.7. The largest absolute Gasteiger partial charge is 0.383 e. The van der Waals surface area contributed by atoms with Crippen LogP contribution in [0.3, 0.4) is 0 Å². The van der Waals surface area contributed by atoms with E-state index in [-0.39, 0.29) is 5.69 Å². The summed E-state index contributed by atoms with van der Waals surface area (Å²) in [5, 5.41) is 22.0. The van der Waals surface area contributed by atoms with Crippen molar-refractivity contribution in [1.82, 2.24) is 20.3 Å². The molecule has 2 rings (SSSR count). The quantitative estimate of drug-likeness (QED) is 0.442. The van der Waals surface area contributed by atoms with Gasteiger partial charge < -0.3 is 10.1 Å². The van der Waals surface area contributed by atoms with Crippen LogP contribution in [0.1, 0.15) is 11.3 Å². The van der Waals surface area contributed by atoms with Crippen LogP contribution in [0.5, 0.6) is 0 Å². The van der Waals surface area contributed by atoms with E-state index in [4.69, 9.17) is 4.74 Å². The molecule has 0 aliphatic heterocycles. The zero-order chi connectivity index (χ0) is 15.1. The third-order valence-corrected chi connectivity index (χ3v) is 2.84. The molecule has 1 aromatic carbocycles. The average Bonchev–Trinajstić information content (AvgIpc) is 2.91. The van der Waals surface area contributed by atoms with Crippen molar-refractivity contribution in [1.29, 1.82) is 0 Å². The lowest BCUT2D eigenvalue weighted by Gasteiger charge is -2.01. The van der Waals surface area contributed by atoms with Crippen LogP contribution in [-0.4, -0.2) is 40.2 Å². The summed E-state index contributed by atoms with van der Waals surface area (Å²) >= 11 is 0. The molecule has 1 aromatic heterocycles. The van der Waals surface area contributed by atoms with Crippen LogP contribution in [0.4, 0.5) is 5.69 Å². The molecule has 21 heavy (non-hydrogen) atoms. The number of non-ortho nitro benzene ring substituents is 1. The minimum absolute atomic E-state index is 0.0778. The van der Waals surface area contributed by atoms with E-state index >= 15 is 0 Å². The van der Waals surface area contributed by atoms with E-state index in [1.54, 1.807) is 17.9 Å². The number of nitro benzene ring substituents is 1. The molecule has 0 aliphatic carbocycles. The van der Waals surface area contributed by atoms with Crippen molar-refractivity contribution in [2.24, 2.45) is 0 Å². The first-order valence-corrected chi connectivity index (χ1v) is 6.51. The van der Waals surface area contributed by atoms with Gasteiger partial charge in [0, 0.05) is 32.3 Å². The zero-order valence-electron chi connectivity index (χ0n) is 11.7. The van der Waals surface area contributed by atoms with E-state index in [1.165, 1.54) is 12.1 Å². The predicted octanol–water partition coefficient (Wildman–Crippen LogP) is 0.971. The number of aromatic nitrogens is 3. The number of ether oxygens (including phenoxy) is 1. The Kier molecular flexibility index (Phi) is 5.35.